The standard InChI is InChI=1S/C17H25N3O4.ClH/c1-18-5-4-6-19-17(22)12-7-16(21)20(11-12)13-8-14(23-2)10-15(9-13)24-3;/h8-10,12,18H,4-7,11H2,1-3H3,(H,19,22);1H. The van der Waals surface area contributed by atoms with Gasteiger partial charge in [0.25, 0.3) is 0 Å². The Morgan fingerprint density at radius 2 is 1.84 bits per heavy atom. The highest BCUT2D eigenvalue weighted by molar-refractivity contribution is 6.00. The lowest BCUT2D eigenvalue weighted by molar-refractivity contribution is -0.126. The fourth-order valence-electron chi connectivity index (χ4n) is 2.70. The number of hydrogen-bond acceptors (Lipinski definition) is 5. The molecule has 8 heteroatoms. The number of nitrogens with one attached hydrogen (secondary N) is 2. The molecule has 1 unspecified atom stereocenters. The van der Waals surface area contributed by atoms with Crippen LogP contribution in [0.2, 0.25) is 0 Å². The second kappa shape index (κ2) is 10.1. The van der Waals surface area contributed by atoms with Gasteiger partial charge in [0, 0.05) is 37.7 Å². The fourth-order valence-corrected chi connectivity index (χ4v) is 2.70. The summed E-state index contributed by atoms with van der Waals surface area (Å²) in [5.74, 6) is 0.746. The Labute approximate surface area is 154 Å². The van der Waals surface area contributed by atoms with Crippen LogP contribution in [0.3, 0.4) is 0 Å². The topological polar surface area (TPSA) is 79.9 Å². The Morgan fingerprint density at radius 3 is 2.40 bits per heavy atom. The van der Waals surface area contributed by atoms with Crippen LogP contribution >= 0.6 is 12.4 Å². The van der Waals surface area contributed by atoms with Crippen LogP contribution in [0.4, 0.5) is 5.69 Å². The molecule has 1 saturated heterocycles. The fraction of sp³-hybridized carbons (Fsp3) is 0.529. The molecule has 1 aliphatic rings. The average Bonchev–Trinajstić information content (AvgIpc) is 3.00. The lowest BCUT2D eigenvalue weighted by atomic mass is 10.1. The third-order valence-electron chi connectivity index (χ3n) is 4.05. The van der Waals surface area contributed by atoms with E-state index in [1.165, 1.54) is 0 Å². The molecule has 2 N–H and O–H groups in total. The van der Waals surface area contributed by atoms with Gasteiger partial charge in [-0.15, -0.1) is 12.4 Å². The first-order chi connectivity index (χ1) is 11.6. The van der Waals surface area contributed by atoms with E-state index in [-0.39, 0.29) is 36.6 Å². The molecule has 2 amide bonds. The summed E-state index contributed by atoms with van der Waals surface area (Å²) in [7, 11) is 5.00. The van der Waals surface area contributed by atoms with E-state index in [0.717, 1.165) is 13.0 Å². The summed E-state index contributed by atoms with van der Waals surface area (Å²) < 4.78 is 10.5. The molecule has 1 aromatic carbocycles. The van der Waals surface area contributed by atoms with Gasteiger partial charge in [-0.2, -0.15) is 0 Å². The van der Waals surface area contributed by atoms with Crippen molar-refractivity contribution in [2.75, 3.05) is 45.8 Å². The molecule has 0 bridgehead atoms. The smallest absolute Gasteiger partial charge is 0.227 e. The summed E-state index contributed by atoms with van der Waals surface area (Å²) >= 11 is 0. The molecule has 140 valence electrons. The van der Waals surface area contributed by atoms with Crippen LogP contribution in [0.5, 0.6) is 11.5 Å². The number of carbonyl (C=O) groups is 2. The van der Waals surface area contributed by atoms with Crippen molar-refractivity contribution < 1.29 is 19.1 Å². The Kier molecular flexibility index (Phi) is 8.51. The second-order valence-electron chi connectivity index (χ2n) is 5.72. The van der Waals surface area contributed by atoms with Gasteiger partial charge in [-0.3, -0.25) is 9.59 Å². The predicted molar refractivity (Wildman–Crippen MR) is 98.8 cm³/mol. The zero-order valence-electron chi connectivity index (χ0n) is 14.8. The molecule has 1 heterocycles. The van der Waals surface area contributed by atoms with E-state index < -0.39 is 0 Å². The summed E-state index contributed by atoms with van der Waals surface area (Å²) in [6.45, 7) is 1.82. The van der Waals surface area contributed by atoms with Crippen LogP contribution in [0.25, 0.3) is 0 Å². The molecule has 25 heavy (non-hydrogen) atoms. The number of methoxy groups -OCH3 is 2. The largest absolute Gasteiger partial charge is 0.497 e. The highest BCUT2D eigenvalue weighted by Crippen LogP contribution is 2.32. The number of rotatable bonds is 8. The number of hydrogen-bond donors (Lipinski definition) is 2. The van der Waals surface area contributed by atoms with Crippen molar-refractivity contribution in [3.05, 3.63) is 18.2 Å². The minimum atomic E-state index is -0.329. The number of benzene rings is 1. The molecular weight excluding hydrogens is 346 g/mol. The SMILES string of the molecule is CNCCCNC(=O)C1CC(=O)N(c2cc(OC)cc(OC)c2)C1.Cl. The average molecular weight is 372 g/mol. The molecule has 0 aromatic heterocycles. The molecule has 0 aliphatic carbocycles. The van der Waals surface area contributed by atoms with E-state index in [1.807, 2.05) is 7.05 Å². The van der Waals surface area contributed by atoms with Crippen molar-refractivity contribution in [3.8, 4) is 11.5 Å². The Hall–Kier alpha value is -1.99. The molecule has 1 fully saturated rings. The first-order valence-electron chi connectivity index (χ1n) is 8.04. The Bertz CT molecular complexity index is 575. The maximum Gasteiger partial charge on any atom is 0.227 e. The van der Waals surface area contributed by atoms with Gasteiger partial charge >= 0.3 is 0 Å². The van der Waals surface area contributed by atoms with Crippen molar-refractivity contribution in [2.24, 2.45) is 5.92 Å². The van der Waals surface area contributed by atoms with E-state index in [9.17, 15) is 9.59 Å². The van der Waals surface area contributed by atoms with Gasteiger partial charge in [0.1, 0.15) is 11.5 Å². The zero-order valence-corrected chi connectivity index (χ0v) is 15.6. The predicted octanol–water partition coefficient (Wildman–Crippen LogP) is 1.20. The zero-order chi connectivity index (χ0) is 17.5. The van der Waals surface area contributed by atoms with E-state index in [4.69, 9.17) is 9.47 Å². The van der Waals surface area contributed by atoms with Crippen LogP contribution in [-0.4, -0.2) is 52.7 Å². The highest BCUT2D eigenvalue weighted by atomic mass is 35.5. The summed E-state index contributed by atoms with van der Waals surface area (Å²) in [5.41, 5.74) is 0.682. The van der Waals surface area contributed by atoms with Crippen LogP contribution in [-0.2, 0) is 9.59 Å². The van der Waals surface area contributed by atoms with Crippen LogP contribution in [0, 0.1) is 5.92 Å². The maximum atomic E-state index is 12.3. The summed E-state index contributed by atoms with van der Waals surface area (Å²) in [4.78, 5) is 26.2. The summed E-state index contributed by atoms with van der Waals surface area (Å²) in [5, 5.41) is 5.92. The van der Waals surface area contributed by atoms with Crippen molar-refractivity contribution in [3.63, 3.8) is 0 Å². The third-order valence-corrected chi connectivity index (χ3v) is 4.05. The molecular formula is C17H26ClN3O4. The van der Waals surface area contributed by atoms with E-state index in [0.29, 0.717) is 30.3 Å². The molecule has 0 spiro atoms. The minimum absolute atomic E-state index is 0. The highest BCUT2D eigenvalue weighted by Gasteiger charge is 2.35. The van der Waals surface area contributed by atoms with Gasteiger partial charge in [0.15, 0.2) is 0 Å². The molecule has 1 aliphatic heterocycles. The van der Waals surface area contributed by atoms with Crippen LogP contribution in [0.15, 0.2) is 18.2 Å². The summed E-state index contributed by atoms with van der Waals surface area (Å²) in [6, 6.07) is 5.29. The normalized spacial score (nSPS) is 16.4. The molecule has 1 aromatic rings. The minimum Gasteiger partial charge on any atom is -0.497 e. The van der Waals surface area contributed by atoms with E-state index in [2.05, 4.69) is 10.6 Å². The van der Waals surface area contributed by atoms with Crippen molar-refractivity contribution in [1.29, 1.82) is 0 Å². The second-order valence-corrected chi connectivity index (χ2v) is 5.72. The third kappa shape index (κ3) is 5.51. The number of nitrogens with zero attached hydrogens (tertiary/aromatic N) is 1. The Balaban J connectivity index is 0.00000312. The van der Waals surface area contributed by atoms with Crippen molar-refractivity contribution in [2.45, 2.75) is 12.8 Å². The van der Waals surface area contributed by atoms with Gasteiger partial charge < -0.3 is 25.0 Å². The molecule has 2 rings (SSSR count). The van der Waals surface area contributed by atoms with Gasteiger partial charge in [-0.25, -0.2) is 0 Å². The van der Waals surface area contributed by atoms with E-state index in [1.54, 1.807) is 37.3 Å². The van der Waals surface area contributed by atoms with Gasteiger partial charge in [0.2, 0.25) is 11.8 Å². The van der Waals surface area contributed by atoms with Gasteiger partial charge in [-0.05, 0) is 20.0 Å². The first kappa shape index (κ1) is 21.1. The number of ether oxygens (including phenoxy) is 2. The number of carbonyl (C=O) groups excluding carboxylic acids is 2. The molecule has 1 atom stereocenters. The lowest BCUT2D eigenvalue weighted by Gasteiger charge is -2.18. The van der Waals surface area contributed by atoms with Crippen molar-refractivity contribution >= 4 is 29.9 Å². The van der Waals surface area contributed by atoms with Crippen LogP contribution < -0.4 is 25.0 Å². The first-order valence-corrected chi connectivity index (χ1v) is 8.04. The lowest BCUT2D eigenvalue weighted by Crippen LogP contribution is -2.34. The van der Waals surface area contributed by atoms with Gasteiger partial charge in [0.05, 0.1) is 25.8 Å². The molecule has 0 radical (unpaired) electrons. The van der Waals surface area contributed by atoms with Crippen LogP contribution in [0.1, 0.15) is 12.8 Å². The van der Waals surface area contributed by atoms with Crippen molar-refractivity contribution in [1.82, 2.24) is 10.6 Å². The quantitative estimate of drug-likeness (QED) is 0.671. The molecule has 7 nitrogen and oxygen atoms in total. The maximum absolute atomic E-state index is 12.3. The molecule has 0 saturated carbocycles. The van der Waals surface area contributed by atoms with E-state index >= 15 is 0 Å². The number of anilines is 1. The number of halogens is 1. The van der Waals surface area contributed by atoms with Gasteiger partial charge in [-0.1, -0.05) is 0 Å². The summed E-state index contributed by atoms with van der Waals surface area (Å²) in [6.07, 6.45) is 1.08. The Morgan fingerprint density at radius 1 is 1.20 bits per heavy atom. The monoisotopic (exact) mass is 371 g/mol. The number of amides is 2.